The first-order valence-corrected chi connectivity index (χ1v) is 15.5. The zero-order valence-corrected chi connectivity index (χ0v) is 27.2. The predicted octanol–water partition coefficient (Wildman–Crippen LogP) is 3.14. The lowest BCUT2D eigenvalue weighted by Crippen LogP contribution is -2.48. The molecular weight excluding hydrogens is 673 g/mol. The summed E-state index contributed by atoms with van der Waals surface area (Å²) in [5.41, 5.74) is -3.22. The summed E-state index contributed by atoms with van der Waals surface area (Å²) >= 11 is 6.67. The van der Waals surface area contributed by atoms with Gasteiger partial charge in [-0.05, 0) is 50.1 Å². The molecule has 0 spiro atoms. The number of aliphatic carboxylic acids is 3. The number of rotatable bonds is 15. The molecule has 2 unspecified atom stereocenters. The average molecular weight is 709 g/mol. The maximum Gasteiger partial charge on any atom is 0.404 e. The summed E-state index contributed by atoms with van der Waals surface area (Å²) < 4.78 is 40.4. The minimum Gasteiger partial charge on any atom is -0.481 e. The molecule has 1 aromatic carbocycles. The van der Waals surface area contributed by atoms with Crippen LogP contribution in [0.25, 0.3) is 10.9 Å². The molecule has 1 aliphatic rings. The summed E-state index contributed by atoms with van der Waals surface area (Å²) in [6, 6.07) is 7.35. The number of carboxylic acid groups (broad SMARTS) is 3. The fraction of sp³-hybridized carbons (Fsp3) is 0.483. The highest BCUT2D eigenvalue weighted by Gasteiger charge is 2.51. The lowest BCUT2D eigenvalue weighted by molar-refractivity contribution is -0.170. The van der Waals surface area contributed by atoms with Crippen LogP contribution in [-0.2, 0) is 19.2 Å². The number of amides is 1. The Hall–Kier alpha value is -3.64. The highest BCUT2D eigenvalue weighted by molar-refractivity contribution is 8.00. The third-order valence-corrected chi connectivity index (χ3v) is 8.31. The largest absolute Gasteiger partial charge is 0.481 e. The van der Waals surface area contributed by atoms with E-state index in [0.29, 0.717) is 36.4 Å². The molecule has 2 aromatic rings. The van der Waals surface area contributed by atoms with E-state index in [4.69, 9.17) is 32.0 Å². The van der Waals surface area contributed by atoms with Crippen LogP contribution in [0.4, 0.5) is 18.9 Å². The first-order chi connectivity index (χ1) is 21.7. The van der Waals surface area contributed by atoms with Gasteiger partial charge in [0.2, 0.25) is 0 Å². The Labute approximate surface area is 277 Å². The van der Waals surface area contributed by atoms with Crippen molar-refractivity contribution < 1.29 is 57.9 Å². The molecule has 6 N–H and O–H groups in total. The lowest BCUT2D eigenvalue weighted by atomic mass is 9.96. The van der Waals surface area contributed by atoms with Crippen LogP contribution >= 0.6 is 23.4 Å². The summed E-state index contributed by atoms with van der Waals surface area (Å²) in [4.78, 5) is 50.6. The third-order valence-electron chi connectivity index (χ3n) is 6.89. The van der Waals surface area contributed by atoms with Crippen LogP contribution in [0.5, 0.6) is 0 Å². The van der Waals surface area contributed by atoms with Gasteiger partial charge in [0.1, 0.15) is 5.25 Å². The molecule has 1 aliphatic heterocycles. The highest BCUT2D eigenvalue weighted by atomic mass is 35.5. The van der Waals surface area contributed by atoms with Crippen LogP contribution in [-0.4, -0.2) is 126 Å². The normalized spacial score (nSPS) is 17.3. The molecule has 47 heavy (non-hydrogen) atoms. The molecule has 260 valence electrons. The van der Waals surface area contributed by atoms with Crippen molar-refractivity contribution in [2.24, 2.45) is 0 Å². The van der Waals surface area contributed by atoms with Crippen molar-refractivity contribution in [3.63, 3.8) is 0 Å². The Morgan fingerprint density at radius 1 is 1.13 bits per heavy atom. The summed E-state index contributed by atoms with van der Waals surface area (Å²) in [7, 11) is 1.85. The second-order valence-corrected chi connectivity index (χ2v) is 12.6. The van der Waals surface area contributed by atoms with Crippen molar-refractivity contribution in [1.82, 2.24) is 14.8 Å². The van der Waals surface area contributed by atoms with Crippen molar-refractivity contribution in [3.8, 4) is 0 Å². The van der Waals surface area contributed by atoms with Gasteiger partial charge in [-0.15, -0.1) is 11.8 Å². The number of hydrogen-bond donors (Lipinski definition) is 6. The van der Waals surface area contributed by atoms with E-state index in [1.165, 1.54) is 6.92 Å². The molecular formula is C29H36ClF3N4O9S. The van der Waals surface area contributed by atoms with Gasteiger partial charge in [-0.25, -0.2) is 4.79 Å². The number of aliphatic hydroxyl groups is 2. The number of halogens is 4. The lowest BCUT2D eigenvalue weighted by Gasteiger charge is -2.31. The molecule has 1 aromatic heterocycles. The number of carbonyl (C=O) groups excluding carboxylic acids is 1. The number of alkyl halides is 3. The number of likely N-dealkylation sites (N-methyl/N-ethyl adjacent to an activating group) is 1. The van der Waals surface area contributed by atoms with Gasteiger partial charge in [-0.1, -0.05) is 18.5 Å². The number of hydrogen-bond acceptors (Lipinski definition) is 10. The zero-order valence-electron chi connectivity index (χ0n) is 25.6. The highest BCUT2D eigenvalue weighted by Crippen LogP contribution is 2.40. The molecule has 0 fully saturated rings. The number of anilines is 1. The Balaban J connectivity index is 0.000000500. The van der Waals surface area contributed by atoms with E-state index in [2.05, 4.69) is 10.3 Å². The van der Waals surface area contributed by atoms with Crippen molar-refractivity contribution in [1.29, 1.82) is 0 Å². The van der Waals surface area contributed by atoms with Crippen molar-refractivity contribution in [3.05, 3.63) is 47.1 Å². The van der Waals surface area contributed by atoms with E-state index >= 15 is 0 Å². The van der Waals surface area contributed by atoms with E-state index in [0.717, 1.165) is 27.6 Å². The fourth-order valence-corrected chi connectivity index (χ4v) is 5.63. The number of nitrogens with zero attached hydrogens (tertiary/aromatic N) is 3. The Kier molecular flexibility index (Phi) is 13.8. The smallest absolute Gasteiger partial charge is 0.404 e. The predicted molar refractivity (Wildman–Crippen MR) is 168 cm³/mol. The second-order valence-electron chi connectivity index (χ2n) is 10.8. The van der Waals surface area contributed by atoms with Gasteiger partial charge in [-0.2, -0.15) is 13.2 Å². The summed E-state index contributed by atoms with van der Waals surface area (Å²) in [5, 5.41) is 47.4. The van der Waals surface area contributed by atoms with E-state index in [1.807, 2.05) is 24.1 Å². The van der Waals surface area contributed by atoms with Crippen LogP contribution in [0.15, 0.2) is 42.1 Å². The SMILES string of the molecule is CCSC(C1=CC(C)(O)N(CCN(C)CCNc2ccnc3cc(Cl)ccc23)C1=O)C(F)(F)F.O=C(O)CC(O)(CC(=O)O)C(=O)O. The Morgan fingerprint density at radius 3 is 2.28 bits per heavy atom. The van der Waals surface area contributed by atoms with Crippen molar-refractivity contribution >= 4 is 63.8 Å². The van der Waals surface area contributed by atoms with Gasteiger partial charge >= 0.3 is 24.1 Å². The first-order valence-electron chi connectivity index (χ1n) is 14.0. The Bertz CT molecular complexity index is 1480. The Morgan fingerprint density at radius 2 is 1.74 bits per heavy atom. The standard InChI is InChI=1S/C23H28ClF3N4O2S.C6H8O7/c1-4-34-20(23(25,26)27)17-14-22(2,33)31(21(17)32)12-11-30(3)10-9-29-18-7-8-28-19-13-15(24)5-6-16(18)19;7-3(8)1-6(13,5(11)12)2-4(9)10/h5-8,13-14,20,33H,4,9-12H2,1-3H3,(H,28,29);13H,1-2H2,(H,7,8)(H,9,10)(H,11,12). The first kappa shape index (κ1) is 39.5. The van der Waals surface area contributed by atoms with E-state index in [1.54, 1.807) is 25.3 Å². The number of nitrogens with one attached hydrogen (secondary N) is 1. The van der Waals surface area contributed by atoms with Crippen LogP contribution < -0.4 is 5.32 Å². The van der Waals surface area contributed by atoms with Crippen molar-refractivity contribution in [2.45, 2.75) is 49.4 Å². The molecule has 0 radical (unpaired) electrons. The molecule has 1 amide bonds. The summed E-state index contributed by atoms with van der Waals surface area (Å²) in [6.45, 7) is 4.62. The molecule has 0 saturated carbocycles. The number of thioether (sulfide) groups is 1. The van der Waals surface area contributed by atoms with Crippen LogP contribution in [0, 0.1) is 0 Å². The van der Waals surface area contributed by atoms with Gasteiger partial charge in [0.15, 0.2) is 11.3 Å². The maximum atomic E-state index is 13.5. The molecule has 3 rings (SSSR count). The minimum atomic E-state index is -4.57. The minimum absolute atomic E-state index is 0.0976. The van der Waals surface area contributed by atoms with Gasteiger partial charge in [0.05, 0.1) is 18.4 Å². The van der Waals surface area contributed by atoms with E-state index in [-0.39, 0.29) is 12.3 Å². The number of aromatic nitrogens is 1. The van der Waals surface area contributed by atoms with Crippen molar-refractivity contribution in [2.75, 3.05) is 44.3 Å². The monoisotopic (exact) mass is 708 g/mol. The molecule has 0 aliphatic carbocycles. The quantitative estimate of drug-likeness (QED) is 0.158. The molecule has 2 heterocycles. The second kappa shape index (κ2) is 16.5. The van der Waals surface area contributed by atoms with Crippen LogP contribution in [0.1, 0.15) is 26.7 Å². The van der Waals surface area contributed by atoms with E-state index < -0.39 is 65.0 Å². The maximum absolute atomic E-state index is 13.5. The topological polar surface area (TPSA) is 201 Å². The third kappa shape index (κ3) is 11.2. The molecule has 2 atom stereocenters. The number of fused-ring (bicyclic) bond motifs is 1. The zero-order chi connectivity index (χ0) is 35.7. The molecule has 18 heteroatoms. The van der Waals surface area contributed by atoms with Gasteiger partial charge in [0, 0.05) is 54.0 Å². The molecule has 0 saturated heterocycles. The number of carboxylic acids is 3. The van der Waals surface area contributed by atoms with Gasteiger partial charge < -0.3 is 40.6 Å². The summed E-state index contributed by atoms with van der Waals surface area (Å²) in [5.74, 6) is -5.59. The van der Waals surface area contributed by atoms with E-state index in [9.17, 15) is 37.5 Å². The van der Waals surface area contributed by atoms with Crippen LogP contribution in [0.2, 0.25) is 5.02 Å². The van der Waals surface area contributed by atoms with Crippen LogP contribution in [0.3, 0.4) is 0 Å². The average Bonchev–Trinajstić information content (AvgIpc) is 3.16. The number of pyridine rings is 1. The number of benzene rings is 1. The number of carbonyl (C=O) groups is 4. The van der Waals surface area contributed by atoms with Gasteiger partial charge in [0.25, 0.3) is 5.91 Å². The molecule has 13 nitrogen and oxygen atoms in total. The summed E-state index contributed by atoms with van der Waals surface area (Å²) in [6.07, 6.45) is -4.12. The molecule has 0 bridgehead atoms. The fourth-order valence-electron chi connectivity index (χ4n) is 4.59. The van der Waals surface area contributed by atoms with Gasteiger partial charge in [-0.3, -0.25) is 19.4 Å².